The molecular formula is C8H16N2O. The zero-order valence-corrected chi connectivity index (χ0v) is 7.05. The Balaban J connectivity index is 3.54. The molecule has 0 amide bonds. The van der Waals surface area contributed by atoms with Crippen molar-refractivity contribution >= 4 is 6.29 Å². The summed E-state index contributed by atoms with van der Waals surface area (Å²) < 4.78 is 0. The molecule has 0 aliphatic heterocycles. The van der Waals surface area contributed by atoms with Gasteiger partial charge in [-0.15, -0.1) is 0 Å². The van der Waals surface area contributed by atoms with Crippen LogP contribution in [0.1, 0.15) is 12.8 Å². The van der Waals surface area contributed by atoms with Crippen molar-refractivity contribution in [3.63, 3.8) is 0 Å². The van der Waals surface area contributed by atoms with Gasteiger partial charge < -0.3 is 15.4 Å². The molecule has 0 radical (unpaired) electrons. The second-order valence-electron chi connectivity index (χ2n) is 2.48. The fraction of sp³-hybridized carbons (Fsp3) is 0.625. The van der Waals surface area contributed by atoms with Gasteiger partial charge in [0.25, 0.3) is 0 Å². The van der Waals surface area contributed by atoms with Crippen molar-refractivity contribution < 1.29 is 4.79 Å². The molecule has 0 unspecified atom stereocenters. The van der Waals surface area contributed by atoms with Gasteiger partial charge in [-0.25, -0.2) is 0 Å². The van der Waals surface area contributed by atoms with Crippen molar-refractivity contribution in [2.24, 2.45) is 5.73 Å². The highest BCUT2D eigenvalue weighted by atomic mass is 16.1. The van der Waals surface area contributed by atoms with Gasteiger partial charge in [0.2, 0.25) is 0 Å². The monoisotopic (exact) mass is 156 g/mol. The molecule has 0 saturated carbocycles. The lowest BCUT2D eigenvalue weighted by molar-refractivity contribution is -0.107. The Kier molecular flexibility index (Phi) is 5.47. The molecule has 0 aromatic rings. The minimum Gasteiger partial charge on any atom is -0.377 e. The van der Waals surface area contributed by atoms with E-state index in [0.717, 1.165) is 24.9 Å². The minimum absolute atomic E-state index is 0.549. The van der Waals surface area contributed by atoms with E-state index in [4.69, 9.17) is 5.73 Å². The number of carbonyl (C=O) groups excluding carboxylic acids is 1. The Morgan fingerprint density at radius 1 is 1.73 bits per heavy atom. The van der Waals surface area contributed by atoms with E-state index in [1.165, 1.54) is 0 Å². The number of aldehydes is 1. The highest BCUT2D eigenvalue weighted by molar-refractivity contribution is 5.49. The molecule has 0 fully saturated rings. The fourth-order valence-corrected chi connectivity index (χ4v) is 0.768. The predicted molar refractivity (Wildman–Crippen MR) is 46.1 cm³/mol. The first-order chi connectivity index (χ1) is 5.22. The van der Waals surface area contributed by atoms with Crippen molar-refractivity contribution in [3.8, 4) is 0 Å². The summed E-state index contributed by atoms with van der Waals surface area (Å²) in [5, 5.41) is 0. The van der Waals surface area contributed by atoms with Crippen molar-refractivity contribution in [2.45, 2.75) is 12.8 Å². The van der Waals surface area contributed by atoms with Gasteiger partial charge in [-0.1, -0.05) is 6.58 Å². The molecule has 3 nitrogen and oxygen atoms in total. The lowest BCUT2D eigenvalue weighted by atomic mass is 10.2. The third kappa shape index (κ3) is 4.56. The topological polar surface area (TPSA) is 46.3 Å². The number of hydrogen-bond donors (Lipinski definition) is 1. The highest BCUT2D eigenvalue weighted by Crippen LogP contribution is 2.04. The molecule has 0 aliphatic rings. The average molecular weight is 156 g/mol. The summed E-state index contributed by atoms with van der Waals surface area (Å²) in [5.41, 5.74) is 6.32. The Morgan fingerprint density at radius 2 is 2.36 bits per heavy atom. The van der Waals surface area contributed by atoms with Crippen LogP contribution < -0.4 is 5.73 Å². The molecule has 0 aliphatic carbocycles. The second-order valence-corrected chi connectivity index (χ2v) is 2.48. The van der Waals surface area contributed by atoms with E-state index < -0.39 is 0 Å². The molecule has 0 aromatic heterocycles. The number of likely N-dealkylation sites (N-methyl/N-ethyl adjacent to an activating group) is 1. The van der Waals surface area contributed by atoms with Gasteiger partial charge in [-0.3, -0.25) is 0 Å². The van der Waals surface area contributed by atoms with Crippen LogP contribution in [0.15, 0.2) is 12.3 Å². The van der Waals surface area contributed by atoms with E-state index in [0.29, 0.717) is 13.0 Å². The zero-order chi connectivity index (χ0) is 8.69. The summed E-state index contributed by atoms with van der Waals surface area (Å²) >= 11 is 0. The third-order valence-corrected chi connectivity index (χ3v) is 1.56. The number of nitrogens with two attached hydrogens (primary N) is 1. The quantitative estimate of drug-likeness (QED) is 0.565. The molecule has 0 bridgehead atoms. The standard InChI is InChI=1S/C8H16N2O/c1-8(4-3-7-11)10(2)6-5-9/h7H,1,3-6,9H2,2H3. The van der Waals surface area contributed by atoms with Crippen molar-refractivity contribution in [3.05, 3.63) is 12.3 Å². The third-order valence-electron chi connectivity index (χ3n) is 1.56. The van der Waals surface area contributed by atoms with Crippen LogP contribution in [0.25, 0.3) is 0 Å². The van der Waals surface area contributed by atoms with Crippen LogP contribution in [0.4, 0.5) is 0 Å². The normalized spacial score (nSPS) is 9.27. The van der Waals surface area contributed by atoms with Crippen LogP contribution >= 0.6 is 0 Å². The fourth-order valence-electron chi connectivity index (χ4n) is 0.768. The van der Waals surface area contributed by atoms with Crippen molar-refractivity contribution in [2.75, 3.05) is 20.1 Å². The maximum absolute atomic E-state index is 10.0. The largest absolute Gasteiger partial charge is 0.377 e. The van der Waals surface area contributed by atoms with Crippen molar-refractivity contribution in [1.82, 2.24) is 4.90 Å². The van der Waals surface area contributed by atoms with Crippen molar-refractivity contribution in [1.29, 1.82) is 0 Å². The SMILES string of the molecule is C=C(CCC=O)N(C)CCN. The first-order valence-electron chi connectivity index (χ1n) is 3.75. The number of nitrogens with zero attached hydrogens (tertiary/aromatic N) is 1. The molecule has 0 aromatic carbocycles. The van der Waals surface area contributed by atoms with E-state index in [1.807, 2.05) is 11.9 Å². The lowest BCUT2D eigenvalue weighted by Gasteiger charge is -2.19. The molecule has 0 rings (SSSR count). The van der Waals surface area contributed by atoms with E-state index in [9.17, 15) is 4.79 Å². The van der Waals surface area contributed by atoms with Gasteiger partial charge in [-0.05, 0) is 6.42 Å². The summed E-state index contributed by atoms with van der Waals surface area (Å²) in [4.78, 5) is 12.0. The van der Waals surface area contributed by atoms with E-state index in [2.05, 4.69) is 6.58 Å². The van der Waals surface area contributed by atoms with Gasteiger partial charge in [0.15, 0.2) is 0 Å². The summed E-state index contributed by atoms with van der Waals surface area (Å²) in [7, 11) is 1.93. The first-order valence-corrected chi connectivity index (χ1v) is 3.75. The molecule has 64 valence electrons. The number of rotatable bonds is 6. The smallest absolute Gasteiger partial charge is 0.120 e. The first kappa shape index (κ1) is 10.2. The van der Waals surface area contributed by atoms with Gasteiger partial charge in [0.05, 0.1) is 0 Å². The second kappa shape index (κ2) is 5.92. The van der Waals surface area contributed by atoms with Gasteiger partial charge in [0, 0.05) is 32.3 Å². The van der Waals surface area contributed by atoms with Crippen LogP contribution in [0.3, 0.4) is 0 Å². The highest BCUT2D eigenvalue weighted by Gasteiger charge is 1.98. The van der Waals surface area contributed by atoms with E-state index >= 15 is 0 Å². The summed E-state index contributed by atoms with van der Waals surface area (Å²) in [6, 6.07) is 0. The Hall–Kier alpha value is -0.830. The van der Waals surface area contributed by atoms with Gasteiger partial charge in [-0.2, -0.15) is 0 Å². The number of hydrogen-bond acceptors (Lipinski definition) is 3. The number of allylic oxidation sites excluding steroid dienone is 1. The molecular weight excluding hydrogens is 140 g/mol. The van der Waals surface area contributed by atoms with E-state index in [-0.39, 0.29) is 0 Å². The lowest BCUT2D eigenvalue weighted by Crippen LogP contribution is -2.24. The van der Waals surface area contributed by atoms with E-state index in [1.54, 1.807) is 0 Å². The minimum atomic E-state index is 0.549. The van der Waals surface area contributed by atoms with Crippen LogP contribution in [-0.4, -0.2) is 31.3 Å². The molecule has 11 heavy (non-hydrogen) atoms. The Morgan fingerprint density at radius 3 is 2.82 bits per heavy atom. The predicted octanol–water partition coefficient (Wildman–Crippen LogP) is 0.370. The summed E-state index contributed by atoms with van der Waals surface area (Å²) in [6.45, 7) is 5.25. The Labute approximate surface area is 67.9 Å². The number of carbonyl (C=O) groups is 1. The van der Waals surface area contributed by atoms with Gasteiger partial charge in [0.1, 0.15) is 6.29 Å². The van der Waals surface area contributed by atoms with Crippen LogP contribution in [0.5, 0.6) is 0 Å². The van der Waals surface area contributed by atoms with Crippen LogP contribution in [0.2, 0.25) is 0 Å². The summed E-state index contributed by atoms with van der Waals surface area (Å²) in [6.07, 6.45) is 2.19. The van der Waals surface area contributed by atoms with Crippen LogP contribution in [0, 0.1) is 0 Å². The van der Waals surface area contributed by atoms with Crippen LogP contribution in [-0.2, 0) is 4.79 Å². The maximum atomic E-state index is 10.0. The summed E-state index contributed by atoms with van der Waals surface area (Å²) in [5.74, 6) is 0. The maximum Gasteiger partial charge on any atom is 0.120 e. The molecule has 0 saturated heterocycles. The zero-order valence-electron chi connectivity index (χ0n) is 7.05. The molecule has 3 heteroatoms. The average Bonchev–Trinajstić information content (AvgIpc) is 2.00. The molecule has 0 atom stereocenters. The van der Waals surface area contributed by atoms with Gasteiger partial charge >= 0.3 is 0 Å². The Bertz CT molecular complexity index is 134. The molecule has 2 N–H and O–H groups in total. The molecule has 0 heterocycles. The molecule has 0 spiro atoms.